The van der Waals surface area contributed by atoms with E-state index in [0.717, 1.165) is 24.1 Å². The first-order valence-electron chi connectivity index (χ1n) is 7.72. The molecule has 0 amide bonds. The number of phenols is 3. The molecule has 4 nitrogen and oxygen atoms in total. The number of rotatable bonds is 6. The molecule has 0 heterocycles. The third-order valence-electron chi connectivity index (χ3n) is 3.67. The summed E-state index contributed by atoms with van der Waals surface area (Å²) in [5.74, 6) is -0.842. The summed E-state index contributed by atoms with van der Waals surface area (Å²) in [4.78, 5) is 12.2. The van der Waals surface area contributed by atoms with Crippen molar-refractivity contribution in [2.75, 3.05) is 0 Å². The highest BCUT2D eigenvalue weighted by atomic mass is 16.3. The summed E-state index contributed by atoms with van der Waals surface area (Å²) < 4.78 is 0. The molecule has 4 heteroatoms. The van der Waals surface area contributed by atoms with E-state index in [9.17, 15) is 20.1 Å². The zero-order chi connectivity index (χ0) is 17.0. The number of benzene rings is 2. The van der Waals surface area contributed by atoms with Gasteiger partial charge < -0.3 is 15.3 Å². The van der Waals surface area contributed by atoms with E-state index in [1.165, 1.54) is 5.56 Å². The summed E-state index contributed by atoms with van der Waals surface area (Å²) in [7, 11) is 0. The van der Waals surface area contributed by atoms with Crippen molar-refractivity contribution in [3.8, 4) is 17.2 Å². The van der Waals surface area contributed by atoms with Crippen LogP contribution in [0.25, 0.3) is 0 Å². The van der Waals surface area contributed by atoms with Gasteiger partial charge in [0, 0.05) is 18.6 Å². The van der Waals surface area contributed by atoms with Crippen molar-refractivity contribution in [1.29, 1.82) is 0 Å². The molecule has 2 aromatic carbocycles. The molecule has 3 N–H and O–H groups in total. The summed E-state index contributed by atoms with van der Waals surface area (Å²) in [5, 5.41) is 28.7. The lowest BCUT2D eigenvalue weighted by Crippen LogP contribution is -2.02. The van der Waals surface area contributed by atoms with Crippen LogP contribution >= 0.6 is 0 Å². The summed E-state index contributed by atoms with van der Waals surface area (Å²) in [6, 6.07) is 10.2. The number of hydrogen-bond acceptors (Lipinski definition) is 4. The zero-order valence-corrected chi connectivity index (χ0v) is 13.4. The second-order valence-electron chi connectivity index (χ2n) is 6.20. The van der Waals surface area contributed by atoms with Crippen LogP contribution in [0.3, 0.4) is 0 Å². The number of aryl methyl sites for hydroxylation is 1. The largest absolute Gasteiger partial charge is 0.508 e. The predicted octanol–water partition coefficient (Wildman–Crippen LogP) is 3.82. The second-order valence-corrected chi connectivity index (χ2v) is 6.20. The number of Topliss-reactive ketones (excluding diaryl/α,β-unsaturated/α-hetero) is 1. The van der Waals surface area contributed by atoms with Crippen LogP contribution in [0, 0.1) is 5.92 Å². The van der Waals surface area contributed by atoms with E-state index in [2.05, 4.69) is 26.0 Å². The standard InChI is InChI=1S/C19H22O4/c1-12(2)9-14-5-3-13(4-6-14)7-8-16(21)19-17(22)10-15(20)11-18(19)23/h3-6,10-12,20,22-23H,7-9H2,1-2H3. The van der Waals surface area contributed by atoms with Gasteiger partial charge in [-0.3, -0.25) is 4.79 Å². The average molecular weight is 314 g/mol. The van der Waals surface area contributed by atoms with Crippen LogP contribution in [0.2, 0.25) is 0 Å². The monoisotopic (exact) mass is 314 g/mol. The lowest BCUT2D eigenvalue weighted by atomic mass is 9.98. The van der Waals surface area contributed by atoms with Crippen LogP contribution in [0.1, 0.15) is 41.8 Å². The highest BCUT2D eigenvalue weighted by Gasteiger charge is 2.17. The lowest BCUT2D eigenvalue weighted by molar-refractivity contribution is 0.0977. The van der Waals surface area contributed by atoms with Gasteiger partial charge >= 0.3 is 0 Å². The Morgan fingerprint density at radius 3 is 2.00 bits per heavy atom. The first-order valence-corrected chi connectivity index (χ1v) is 7.72. The van der Waals surface area contributed by atoms with E-state index in [1.54, 1.807) is 0 Å². The molecule has 0 unspecified atom stereocenters. The molecule has 0 fully saturated rings. The van der Waals surface area contributed by atoms with Crippen LogP contribution < -0.4 is 0 Å². The molecule has 0 radical (unpaired) electrons. The smallest absolute Gasteiger partial charge is 0.170 e. The fourth-order valence-corrected chi connectivity index (χ4v) is 2.58. The van der Waals surface area contributed by atoms with Gasteiger partial charge in [-0.25, -0.2) is 0 Å². The van der Waals surface area contributed by atoms with Gasteiger partial charge in [0.1, 0.15) is 22.8 Å². The molecule has 0 spiro atoms. The Morgan fingerprint density at radius 2 is 1.48 bits per heavy atom. The van der Waals surface area contributed by atoms with Gasteiger partial charge in [-0.1, -0.05) is 38.1 Å². The first-order chi connectivity index (χ1) is 10.9. The fraction of sp³-hybridized carbons (Fsp3) is 0.316. The van der Waals surface area contributed by atoms with Gasteiger partial charge in [-0.2, -0.15) is 0 Å². The molecule has 2 rings (SSSR count). The molecule has 2 aromatic rings. The van der Waals surface area contributed by atoms with Crippen molar-refractivity contribution in [2.45, 2.75) is 33.1 Å². The quantitative estimate of drug-likeness (QED) is 0.708. The second kappa shape index (κ2) is 7.18. The Morgan fingerprint density at radius 1 is 0.957 bits per heavy atom. The van der Waals surface area contributed by atoms with E-state index in [-0.39, 0.29) is 23.5 Å². The van der Waals surface area contributed by atoms with E-state index < -0.39 is 11.5 Å². The Balaban J connectivity index is 2.02. The molecule has 0 aliphatic carbocycles. The predicted molar refractivity (Wildman–Crippen MR) is 89.1 cm³/mol. The van der Waals surface area contributed by atoms with Gasteiger partial charge in [0.15, 0.2) is 5.78 Å². The van der Waals surface area contributed by atoms with Gasteiger partial charge in [-0.05, 0) is 29.9 Å². The topological polar surface area (TPSA) is 77.8 Å². The Bertz CT molecular complexity index is 664. The van der Waals surface area contributed by atoms with E-state index >= 15 is 0 Å². The van der Waals surface area contributed by atoms with Crippen molar-refractivity contribution >= 4 is 5.78 Å². The minimum atomic E-state index is -0.403. The Labute approximate surface area is 136 Å². The van der Waals surface area contributed by atoms with Crippen LogP contribution in [-0.4, -0.2) is 21.1 Å². The van der Waals surface area contributed by atoms with Crippen LogP contribution in [0.4, 0.5) is 0 Å². The third-order valence-corrected chi connectivity index (χ3v) is 3.67. The first kappa shape index (κ1) is 16.9. The van der Waals surface area contributed by atoms with Crippen LogP contribution in [0.5, 0.6) is 17.2 Å². The minimum absolute atomic E-state index is 0.140. The van der Waals surface area contributed by atoms with Crippen molar-refractivity contribution in [3.63, 3.8) is 0 Å². The van der Waals surface area contributed by atoms with Crippen molar-refractivity contribution in [2.24, 2.45) is 5.92 Å². The summed E-state index contributed by atoms with van der Waals surface area (Å²) in [6.07, 6.45) is 1.73. The number of ketones is 1. The molecule has 0 atom stereocenters. The number of phenolic OH excluding ortho intramolecular Hbond substituents is 3. The number of carbonyl (C=O) groups excluding carboxylic acids is 1. The Kier molecular flexibility index (Phi) is 5.27. The number of hydrogen-bond donors (Lipinski definition) is 3. The van der Waals surface area contributed by atoms with E-state index in [0.29, 0.717) is 12.3 Å². The number of carbonyl (C=O) groups is 1. The van der Waals surface area contributed by atoms with Crippen LogP contribution in [-0.2, 0) is 12.8 Å². The molecule has 0 aliphatic rings. The van der Waals surface area contributed by atoms with E-state index in [4.69, 9.17) is 0 Å². The fourth-order valence-electron chi connectivity index (χ4n) is 2.58. The molecule has 0 aromatic heterocycles. The highest BCUT2D eigenvalue weighted by Crippen LogP contribution is 2.33. The third kappa shape index (κ3) is 4.49. The van der Waals surface area contributed by atoms with Crippen LogP contribution in [0.15, 0.2) is 36.4 Å². The summed E-state index contributed by atoms with van der Waals surface area (Å²) in [5.41, 5.74) is 2.16. The van der Waals surface area contributed by atoms with E-state index in [1.807, 2.05) is 12.1 Å². The molecule has 0 saturated carbocycles. The van der Waals surface area contributed by atoms with Crippen molar-refractivity contribution in [3.05, 3.63) is 53.1 Å². The maximum Gasteiger partial charge on any atom is 0.170 e. The molecule has 0 saturated heterocycles. The SMILES string of the molecule is CC(C)Cc1ccc(CCC(=O)c2c(O)cc(O)cc2O)cc1. The molecule has 23 heavy (non-hydrogen) atoms. The molecule has 0 aliphatic heterocycles. The van der Waals surface area contributed by atoms with Gasteiger partial charge in [-0.15, -0.1) is 0 Å². The highest BCUT2D eigenvalue weighted by molar-refractivity contribution is 6.01. The Hall–Kier alpha value is -2.49. The molecular weight excluding hydrogens is 292 g/mol. The number of aromatic hydroxyl groups is 3. The summed E-state index contributed by atoms with van der Waals surface area (Å²) >= 11 is 0. The van der Waals surface area contributed by atoms with Gasteiger partial charge in [0.05, 0.1) is 0 Å². The van der Waals surface area contributed by atoms with Gasteiger partial charge in [0.2, 0.25) is 0 Å². The maximum atomic E-state index is 12.2. The molecule has 0 bridgehead atoms. The zero-order valence-electron chi connectivity index (χ0n) is 13.4. The van der Waals surface area contributed by atoms with Crippen molar-refractivity contribution < 1.29 is 20.1 Å². The summed E-state index contributed by atoms with van der Waals surface area (Å²) in [6.45, 7) is 4.34. The molecule has 122 valence electrons. The average Bonchev–Trinajstić information content (AvgIpc) is 2.45. The molecular formula is C19H22O4. The van der Waals surface area contributed by atoms with Gasteiger partial charge in [0.25, 0.3) is 0 Å². The van der Waals surface area contributed by atoms with Crippen molar-refractivity contribution in [1.82, 2.24) is 0 Å². The lowest BCUT2D eigenvalue weighted by Gasteiger charge is -2.08. The minimum Gasteiger partial charge on any atom is -0.508 e. The normalized spacial score (nSPS) is 10.9. The maximum absolute atomic E-state index is 12.2.